The van der Waals surface area contributed by atoms with Crippen LogP contribution in [-0.2, 0) is 9.59 Å². The van der Waals surface area contributed by atoms with Crippen molar-refractivity contribution in [2.24, 2.45) is 5.92 Å². The molecular formula is C15H24O4. The molecule has 0 spiro atoms. The van der Waals surface area contributed by atoms with E-state index in [2.05, 4.69) is 6.58 Å². The van der Waals surface area contributed by atoms with Crippen LogP contribution in [0.25, 0.3) is 0 Å². The number of hydrogen-bond donors (Lipinski definition) is 2. The van der Waals surface area contributed by atoms with E-state index in [1.54, 1.807) is 6.92 Å². The lowest BCUT2D eigenvalue weighted by molar-refractivity contribution is -0.133. The maximum atomic E-state index is 10.7. The van der Waals surface area contributed by atoms with E-state index in [0.717, 1.165) is 5.57 Å². The lowest BCUT2D eigenvalue weighted by Crippen LogP contribution is -2.11. The summed E-state index contributed by atoms with van der Waals surface area (Å²) in [6.07, 6.45) is 6.19. The Hall–Kier alpha value is -1.58. The van der Waals surface area contributed by atoms with Crippen LogP contribution in [0.4, 0.5) is 0 Å². The van der Waals surface area contributed by atoms with Gasteiger partial charge in [-0.15, -0.1) is 0 Å². The molecule has 4 heteroatoms. The first-order chi connectivity index (χ1) is 8.77. The monoisotopic (exact) mass is 268 g/mol. The van der Waals surface area contributed by atoms with Crippen LogP contribution in [0.3, 0.4) is 0 Å². The molecular weight excluding hydrogens is 244 g/mol. The standard InChI is InChI=1S/C11H18O2.C4H6O2/c1-8(9(2)11(12)13)10-6-4-3-5-7-10;1-3(2)4(5)6/h10H,3-7H2,1-2H3,(H,12,13);1H2,2H3,(H,5,6). The van der Waals surface area contributed by atoms with Crippen LogP contribution in [0.1, 0.15) is 52.9 Å². The first-order valence-electron chi connectivity index (χ1n) is 6.56. The molecule has 1 aliphatic carbocycles. The summed E-state index contributed by atoms with van der Waals surface area (Å²) in [5.41, 5.74) is 1.81. The lowest BCUT2D eigenvalue weighted by atomic mass is 9.83. The van der Waals surface area contributed by atoms with E-state index < -0.39 is 11.9 Å². The predicted octanol–water partition coefficient (Wildman–Crippen LogP) is 3.63. The molecule has 0 radical (unpaired) electrons. The summed E-state index contributed by atoms with van der Waals surface area (Å²) in [4.78, 5) is 20.3. The maximum Gasteiger partial charge on any atom is 0.331 e. The van der Waals surface area contributed by atoms with Gasteiger partial charge in [-0.3, -0.25) is 0 Å². The molecule has 0 unspecified atom stereocenters. The number of carboxylic acid groups (broad SMARTS) is 2. The highest BCUT2D eigenvalue weighted by molar-refractivity contribution is 5.86. The highest BCUT2D eigenvalue weighted by Gasteiger charge is 2.18. The van der Waals surface area contributed by atoms with Gasteiger partial charge >= 0.3 is 11.9 Å². The van der Waals surface area contributed by atoms with E-state index in [9.17, 15) is 9.59 Å². The van der Waals surface area contributed by atoms with Crippen molar-refractivity contribution < 1.29 is 19.8 Å². The van der Waals surface area contributed by atoms with Gasteiger partial charge in [0.1, 0.15) is 0 Å². The Labute approximate surface area is 114 Å². The van der Waals surface area contributed by atoms with Crippen molar-refractivity contribution in [3.05, 3.63) is 23.3 Å². The van der Waals surface area contributed by atoms with Gasteiger partial charge in [0.25, 0.3) is 0 Å². The van der Waals surface area contributed by atoms with E-state index >= 15 is 0 Å². The first-order valence-corrected chi connectivity index (χ1v) is 6.56. The van der Waals surface area contributed by atoms with Gasteiger partial charge in [0.15, 0.2) is 0 Å². The lowest BCUT2D eigenvalue weighted by Gasteiger charge is -2.23. The summed E-state index contributed by atoms with van der Waals surface area (Å²) in [5.74, 6) is -1.16. The molecule has 0 aromatic rings. The Morgan fingerprint density at radius 2 is 1.37 bits per heavy atom. The largest absolute Gasteiger partial charge is 0.478 e. The summed E-state index contributed by atoms with van der Waals surface area (Å²) in [6, 6.07) is 0. The molecule has 1 fully saturated rings. The molecule has 0 bridgehead atoms. The minimum absolute atomic E-state index is 0.176. The molecule has 0 amide bonds. The zero-order valence-electron chi connectivity index (χ0n) is 12.0. The van der Waals surface area contributed by atoms with Crippen molar-refractivity contribution in [2.75, 3.05) is 0 Å². The van der Waals surface area contributed by atoms with E-state index in [1.165, 1.54) is 39.0 Å². The number of carbonyl (C=O) groups is 2. The van der Waals surface area contributed by atoms with Crippen LogP contribution in [-0.4, -0.2) is 22.2 Å². The molecule has 1 aliphatic rings. The minimum Gasteiger partial charge on any atom is -0.478 e. The van der Waals surface area contributed by atoms with E-state index in [1.807, 2.05) is 6.92 Å². The van der Waals surface area contributed by atoms with Gasteiger partial charge in [-0.2, -0.15) is 0 Å². The molecule has 0 aliphatic heterocycles. The van der Waals surface area contributed by atoms with Gasteiger partial charge in [-0.25, -0.2) is 9.59 Å². The second-order valence-corrected chi connectivity index (χ2v) is 5.03. The van der Waals surface area contributed by atoms with Crippen LogP contribution in [0.2, 0.25) is 0 Å². The highest BCUT2D eigenvalue weighted by atomic mass is 16.4. The van der Waals surface area contributed by atoms with Gasteiger partial charge in [0.05, 0.1) is 0 Å². The number of aliphatic carboxylic acids is 2. The molecule has 19 heavy (non-hydrogen) atoms. The minimum atomic E-state index is -0.935. The number of hydrogen-bond acceptors (Lipinski definition) is 2. The zero-order chi connectivity index (χ0) is 15.0. The van der Waals surface area contributed by atoms with Gasteiger partial charge in [0.2, 0.25) is 0 Å². The van der Waals surface area contributed by atoms with E-state index in [-0.39, 0.29) is 5.57 Å². The van der Waals surface area contributed by atoms with E-state index in [0.29, 0.717) is 11.5 Å². The second kappa shape index (κ2) is 8.51. The fraction of sp³-hybridized carbons (Fsp3) is 0.600. The Morgan fingerprint density at radius 1 is 0.947 bits per heavy atom. The smallest absolute Gasteiger partial charge is 0.331 e. The fourth-order valence-electron chi connectivity index (χ4n) is 2.01. The third kappa shape index (κ3) is 6.79. The van der Waals surface area contributed by atoms with Gasteiger partial charge < -0.3 is 10.2 Å². The van der Waals surface area contributed by atoms with Crippen LogP contribution >= 0.6 is 0 Å². The molecule has 1 saturated carbocycles. The van der Waals surface area contributed by atoms with Gasteiger partial charge in [-0.1, -0.05) is 31.4 Å². The summed E-state index contributed by atoms with van der Waals surface area (Å²) < 4.78 is 0. The quantitative estimate of drug-likeness (QED) is 0.766. The number of allylic oxidation sites excluding steroid dienone is 1. The Morgan fingerprint density at radius 3 is 1.68 bits per heavy atom. The van der Waals surface area contributed by atoms with Crippen molar-refractivity contribution >= 4 is 11.9 Å². The average molecular weight is 268 g/mol. The third-order valence-electron chi connectivity index (χ3n) is 3.49. The second-order valence-electron chi connectivity index (χ2n) is 5.03. The van der Waals surface area contributed by atoms with Crippen LogP contribution in [0.15, 0.2) is 23.3 Å². The molecule has 0 heterocycles. The molecule has 2 N–H and O–H groups in total. The first kappa shape index (κ1) is 17.4. The molecule has 0 aromatic carbocycles. The maximum absolute atomic E-state index is 10.7. The Bertz CT molecular complexity index is 362. The number of carboxylic acids is 2. The summed E-state index contributed by atoms with van der Waals surface area (Å²) >= 11 is 0. The van der Waals surface area contributed by atoms with Crippen LogP contribution in [0, 0.1) is 5.92 Å². The van der Waals surface area contributed by atoms with Gasteiger partial charge in [-0.05, 0) is 39.5 Å². The van der Waals surface area contributed by atoms with E-state index in [4.69, 9.17) is 10.2 Å². The highest BCUT2D eigenvalue weighted by Crippen LogP contribution is 2.30. The van der Waals surface area contributed by atoms with Crippen molar-refractivity contribution in [2.45, 2.75) is 52.9 Å². The number of rotatable bonds is 3. The summed E-state index contributed by atoms with van der Waals surface area (Å²) in [5, 5.41) is 16.7. The molecule has 1 rings (SSSR count). The summed E-state index contributed by atoms with van der Waals surface area (Å²) in [6.45, 7) is 8.29. The zero-order valence-corrected chi connectivity index (χ0v) is 12.0. The third-order valence-corrected chi connectivity index (χ3v) is 3.49. The Balaban J connectivity index is 0.000000459. The topological polar surface area (TPSA) is 74.6 Å². The normalized spacial score (nSPS) is 16.8. The fourth-order valence-corrected chi connectivity index (χ4v) is 2.01. The van der Waals surface area contributed by atoms with Crippen molar-refractivity contribution in [1.29, 1.82) is 0 Å². The predicted molar refractivity (Wildman–Crippen MR) is 75.0 cm³/mol. The van der Waals surface area contributed by atoms with Crippen molar-refractivity contribution in [3.63, 3.8) is 0 Å². The van der Waals surface area contributed by atoms with Crippen molar-refractivity contribution in [1.82, 2.24) is 0 Å². The molecule has 0 aromatic heterocycles. The van der Waals surface area contributed by atoms with Crippen molar-refractivity contribution in [3.8, 4) is 0 Å². The van der Waals surface area contributed by atoms with Crippen LogP contribution < -0.4 is 0 Å². The Kier molecular flexibility index (Phi) is 7.80. The molecule has 4 nitrogen and oxygen atoms in total. The SMILES string of the molecule is C=C(C)C(=O)O.CC(C(=O)O)=C(C)C1CCCCC1. The average Bonchev–Trinajstić information content (AvgIpc) is 2.38. The molecule has 0 saturated heterocycles. The molecule has 108 valence electrons. The van der Waals surface area contributed by atoms with Gasteiger partial charge in [0, 0.05) is 11.1 Å². The summed E-state index contributed by atoms with van der Waals surface area (Å²) in [7, 11) is 0. The van der Waals surface area contributed by atoms with Crippen LogP contribution in [0.5, 0.6) is 0 Å². The molecule has 0 atom stereocenters.